The van der Waals surface area contributed by atoms with Gasteiger partial charge in [-0.05, 0) is 29.7 Å². The maximum absolute atomic E-state index is 11.8. The predicted octanol–water partition coefficient (Wildman–Crippen LogP) is 2.83. The van der Waals surface area contributed by atoms with E-state index in [1.807, 2.05) is 61.5 Å². The molecule has 0 aliphatic rings. The van der Waals surface area contributed by atoms with Gasteiger partial charge < -0.3 is 10.6 Å². The molecule has 0 saturated carbocycles. The van der Waals surface area contributed by atoms with Gasteiger partial charge in [0.2, 0.25) is 11.8 Å². The van der Waals surface area contributed by atoms with Gasteiger partial charge in [-0.2, -0.15) is 0 Å². The number of carbonyl (C=O) groups excluding carboxylic acids is 2. The van der Waals surface area contributed by atoms with Crippen LogP contribution in [0.25, 0.3) is 6.08 Å². The molecule has 2 N–H and O–H groups in total. The fourth-order valence-electron chi connectivity index (χ4n) is 2.18. The summed E-state index contributed by atoms with van der Waals surface area (Å²) in [5.74, 6) is -0.281. The third-order valence-electron chi connectivity index (χ3n) is 3.62. The fourth-order valence-corrected chi connectivity index (χ4v) is 2.18. The Morgan fingerprint density at radius 2 is 1.67 bits per heavy atom. The van der Waals surface area contributed by atoms with Crippen LogP contribution in [-0.4, -0.2) is 18.4 Å². The Hall–Kier alpha value is -2.88. The Morgan fingerprint density at radius 3 is 2.42 bits per heavy atom. The number of carbonyl (C=O) groups is 2. The van der Waals surface area contributed by atoms with Crippen molar-refractivity contribution in [2.24, 2.45) is 0 Å². The summed E-state index contributed by atoms with van der Waals surface area (Å²) < 4.78 is 0. The molecule has 24 heavy (non-hydrogen) atoms. The lowest BCUT2D eigenvalue weighted by Crippen LogP contribution is -2.29. The zero-order valence-electron chi connectivity index (χ0n) is 13.8. The van der Waals surface area contributed by atoms with Crippen LogP contribution in [0.1, 0.15) is 23.1 Å². The lowest BCUT2D eigenvalue weighted by molar-refractivity contribution is -0.121. The van der Waals surface area contributed by atoms with E-state index in [0.717, 1.165) is 16.7 Å². The maximum Gasteiger partial charge on any atom is 0.244 e. The molecular weight excluding hydrogens is 300 g/mol. The summed E-state index contributed by atoms with van der Waals surface area (Å²) in [5, 5.41) is 5.57. The van der Waals surface area contributed by atoms with Crippen molar-refractivity contribution >= 4 is 17.9 Å². The minimum absolute atomic E-state index is 0.0782. The Morgan fingerprint density at radius 1 is 0.958 bits per heavy atom. The Labute approximate surface area is 142 Å². The van der Waals surface area contributed by atoms with Crippen LogP contribution >= 0.6 is 0 Å². The van der Waals surface area contributed by atoms with Crippen LogP contribution in [-0.2, 0) is 16.1 Å². The van der Waals surface area contributed by atoms with Gasteiger partial charge >= 0.3 is 0 Å². The third-order valence-corrected chi connectivity index (χ3v) is 3.62. The van der Waals surface area contributed by atoms with E-state index in [1.165, 1.54) is 6.08 Å². The van der Waals surface area contributed by atoms with E-state index >= 15 is 0 Å². The first kappa shape index (κ1) is 17.5. The van der Waals surface area contributed by atoms with Gasteiger partial charge in [-0.3, -0.25) is 9.59 Å². The topological polar surface area (TPSA) is 58.2 Å². The van der Waals surface area contributed by atoms with Crippen LogP contribution in [0.15, 0.2) is 60.7 Å². The number of rotatable bonds is 7. The number of aryl methyl sites for hydroxylation is 1. The van der Waals surface area contributed by atoms with Crippen molar-refractivity contribution in [1.82, 2.24) is 10.6 Å². The average molecular weight is 322 g/mol. The molecule has 0 aliphatic carbocycles. The number of hydrogen-bond donors (Lipinski definition) is 2. The molecule has 2 aromatic carbocycles. The summed E-state index contributed by atoms with van der Waals surface area (Å²) >= 11 is 0. The summed E-state index contributed by atoms with van der Waals surface area (Å²) in [7, 11) is 0. The summed E-state index contributed by atoms with van der Waals surface area (Å²) in [4.78, 5) is 23.5. The zero-order valence-corrected chi connectivity index (χ0v) is 13.8. The van der Waals surface area contributed by atoms with Crippen LogP contribution in [0.3, 0.4) is 0 Å². The van der Waals surface area contributed by atoms with Crippen LogP contribution in [0.5, 0.6) is 0 Å². The highest BCUT2D eigenvalue weighted by molar-refractivity contribution is 5.92. The molecule has 4 nitrogen and oxygen atoms in total. The van der Waals surface area contributed by atoms with Crippen molar-refractivity contribution in [1.29, 1.82) is 0 Å². The normalized spacial score (nSPS) is 10.5. The molecule has 124 valence electrons. The second-order valence-corrected chi connectivity index (χ2v) is 5.49. The fraction of sp³-hybridized carbons (Fsp3) is 0.200. The van der Waals surface area contributed by atoms with Gasteiger partial charge in [0.15, 0.2) is 0 Å². The van der Waals surface area contributed by atoms with Crippen molar-refractivity contribution < 1.29 is 9.59 Å². The summed E-state index contributed by atoms with van der Waals surface area (Å²) in [6.45, 7) is 2.84. The van der Waals surface area contributed by atoms with Crippen LogP contribution in [0.2, 0.25) is 0 Å². The Kier molecular flexibility index (Phi) is 6.77. The SMILES string of the molecule is Cc1ccccc1CNC(=O)CCNC(=O)/C=C/c1ccccc1. The maximum atomic E-state index is 11.8. The molecule has 2 aromatic rings. The third kappa shape index (κ3) is 6.08. The number of hydrogen-bond acceptors (Lipinski definition) is 2. The lowest BCUT2D eigenvalue weighted by atomic mass is 10.1. The first-order chi connectivity index (χ1) is 11.6. The predicted molar refractivity (Wildman–Crippen MR) is 96.1 cm³/mol. The van der Waals surface area contributed by atoms with Gasteiger partial charge in [0.05, 0.1) is 0 Å². The van der Waals surface area contributed by atoms with Gasteiger partial charge in [-0.15, -0.1) is 0 Å². The molecule has 0 spiro atoms. The zero-order chi connectivity index (χ0) is 17.2. The van der Waals surface area contributed by atoms with Crippen molar-refractivity contribution in [2.75, 3.05) is 6.54 Å². The van der Waals surface area contributed by atoms with Gasteiger partial charge in [0, 0.05) is 25.6 Å². The average Bonchev–Trinajstić information content (AvgIpc) is 2.60. The highest BCUT2D eigenvalue weighted by Crippen LogP contribution is 2.06. The monoisotopic (exact) mass is 322 g/mol. The second kappa shape index (κ2) is 9.30. The molecule has 0 fully saturated rings. The molecule has 0 bridgehead atoms. The molecule has 0 aliphatic heterocycles. The van der Waals surface area contributed by atoms with Gasteiger partial charge in [-0.25, -0.2) is 0 Å². The number of benzene rings is 2. The smallest absolute Gasteiger partial charge is 0.244 e. The largest absolute Gasteiger partial charge is 0.352 e. The van der Waals surface area contributed by atoms with Gasteiger partial charge in [0.1, 0.15) is 0 Å². The highest BCUT2D eigenvalue weighted by atomic mass is 16.2. The van der Waals surface area contributed by atoms with Gasteiger partial charge in [-0.1, -0.05) is 54.6 Å². The molecule has 2 rings (SSSR count). The van der Waals surface area contributed by atoms with E-state index in [9.17, 15) is 9.59 Å². The summed E-state index contributed by atoms with van der Waals surface area (Å²) in [6, 6.07) is 17.5. The molecule has 0 saturated heterocycles. The van der Waals surface area contributed by atoms with E-state index < -0.39 is 0 Å². The standard InChI is InChI=1S/C20H22N2O2/c1-16-7-5-6-10-18(16)15-22-20(24)13-14-21-19(23)12-11-17-8-3-2-4-9-17/h2-12H,13-15H2,1H3,(H,21,23)(H,22,24)/b12-11+. The van der Waals surface area contributed by atoms with Crippen molar-refractivity contribution in [3.8, 4) is 0 Å². The molecule has 0 atom stereocenters. The minimum Gasteiger partial charge on any atom is -0.352 e. The Bertz CT molecular complexity index is 709. The quantitative estimate of drug-likeness (QED) is 0.770. The van der Waals surface area contributed by atoms with Crippen molar-refractivity contribution in [2.45, 2.75) is 19.9 Å². The highest BCUT2D eigenvalue weighted by Gasteiger charge is 2.03. The Balaban J connectivity index is 1.66. The van der Waals surface area contributed by atoms with E-state index in [2.05, 4.69) is 10.6 Å². The summed E-state index contributed by atoms with van der Waals surface area (Å²) in [5.41, 5.74) is 3.21. The number of nitrogens with one attached hydrogen (secondary N) is 2. The van der Waals surface area contributed by atoms with Crippen LogP contribution in [0.4, 0.5) is 0 Å². The molecule has 0 radical (unpaired) electrons. The molecule has 0 unspecified atom stereocenters. The van der Waals surface area contributed by atoms with Gasteiger partial charge in [0.25, 0.3) is 0 Å². The summed E-state index contributed by atoms with van der Waals surface area (Å²) in [6.07, 6.45) is 3.48. The first-order valence-corrected chi connectivity index (χ1v) is 7.97. The second-order valence-electron chi connectivity index (χ2n) is 5.49. The minimum atomic E-state index is -0.203. The van der Waals surface area contributed by atoms with E-state index in [4.69, 9.17) is 0 Å². The molecule has 2 amide bonds. The van der Waals surface area contributed by atoms with E-state index in [1.54, 1.807) is 6.08 Å². The van der Waals surface area contributed by atoms with Crippen molar-refractivity contribution in [3.63, 3.8) is 0 Å². The first-order valence-electron chi connectivity index (χ1n) is 7.97. The molecular formula is C20H22N2O2. The van der Waals surface area contributed by atoms with Crippen molar-refractivity contribution in [3.05, 3.63) is 77.4 Å². The number of amides is 2. The van der Waals surface area contributed by atoms with Crippen LogP contribution < -0.4 is 10.6 Å². The van der Waals surface area contributed by atoms with E-state index in [-0.39, 0.29) is 18.2 Å². The molecule has 0 aromatic heterocycles. The van der Waals surface area contributed by atoms with E-state index in [0.29, 0.717) is 13.1 Å². The molecule has 0 heterocycles. The van der Waals surface area contributed by atoms with Crippen LogP contribution in [0, 0.1) is 6.92 Å². The molecule has 4 heteroatoms. The lowest BCUT2D eigenvalue weighted by Gasteiger charge is -2.08.